The Morgan fingerprint density at radius 3 is 2.82 bits per heavy atom. The van der Waals surface area contributed by atoms with Gasteiger partial charge in [-0.25, -0.2) is 0 Å². The molecule has 0 unspecified atom stereocenters. The van der Waals surface area contributed by atoms with Crippen molar-refractivity contribution in [1.82, 2.24) is 0 Å². The molecule has 1 aromatic rings. The van der Waals surface area contributed by atoms with E-state index < -0.39 is 0 Å². The van der Waals surface area contributed by atoms with Crippen LogP contribution in [0.1, 0.15) is 24.5 Å². The van der Waals surface area contributed by atoms with E-state index in [0.29, 0.717) is 5.56 Å². The molecule has 0 saturated heterocycles. The number of nitrogens with zero attached hydrogens (tertiary/aromatic N) is 1. The van der Waals surface area contributed by atoms with Crippen molar-refractivity contribution in [2.45, 2.75) is 19.8 Å². The van der Waals surface area contributed by atoms with Crippen LogP contribution in [-0.4, -0.2) is 0 Å². The molecule has 0 saturated carbocycles. The van der Waals surface area contributed by atoms with Crippen LogP contribution in [0.4, 0.5) is 0 Å². The van der Waals surface area contributed by atoms with Gasteiger partial charge in [0.25, 0.3) is 0 Å². The molecule has 0 atom stereocenters. The zero-order valence-corrected chi connectivity index (χ0v) is 6.59. The summed E-state index contributed by atoms with van der Waals surface area (Å²) in [4.78, 5) is 0. The first-order chi connectivity index (χ1) is 5.36. The first-order valence-corrected chi connectivity index (χ1v) is 3.77. The van der Waals surface area contributed by atoms with Gasteiger partial charge >= 0.3 is 0 Å². The van der Waals surface area contributed by atoms with Crippen LogP contribution >= 0.6 is 0 Å². The van der Waals surface area contributed by atoms with Crippen LogP contribution in [0, 0.1) is 17.4 Å². The summed E-state index contributed by atoms with van der Waals surface area (Å²) < 4.78 is 0. The molecule has 0 bridgehead atoms. The second kappa shape index (κ2) is 3.78. The average molecular weight is 144 g/mol. The first kappa shape index (κ1) is 7.81. The number of nitriles is 1. The van der Waals surface area contributed by atoms with E-state index in [-0.39, 0.29) is 0 Å². The molecule has 55 valence electrons. The lowest BCUT2D eigenvalue weighted by Gasteiger charge is -1.95. The smallest absolute Gasteiger partial charge is 0.0991 e. The maximum atomic E-state index is 8.49. The highest BCUT2D eigenvalue weighted by molar-refractivity contribution is 5.30. The predicted molar refractivity (Wildman–Crippen MR) is 44.0 cm³/mol. The summed E-state index contributed by atoms with van der Waals surface area (Å²) >= 11 is 0. The number of rotatable bonds is 2. The Hall–Kier alpha value is -1.29. The maximum absolute atomic E-state index is 8.49. The third-order valence-electron chi connectivity index (χ3n) is 1.53. The van der Waals surface area contributed by atoms with Gasteiger partial charge in [-0.3, -0.25) is 0 Å². The molecule has 1 radical (unpaired) electrons. The highest BCUT2D eigenvalue weighted by atomic mass is 14.2. The van der Waals surface area contributed by atoms with E-state index in [1.807, 2.05) is 12.1 Å². The molecule has 0 fully saturated rings. The normalized spacial score (nSPS) is 9.09. The SMILES string of the molecule is CCCc1[c]cc(C#N)cc1. The summed E-state index contributed by atoms with van der Waals surface area (Å²) in [6.07, 6.45) is 2.17. The Balaban J connectivity index is 2.76. The predicted octanol–water partition coefficient (Wildman–Crippen LogP) is 2.31. The van der Waals surface area contributed by atoms with Crippen LogP contribution in [0.15, 0.2) is 18.2 Å². The van der Waals surface area contributed by atoms with E-state index in [4.69, 9.17) is 5.26 Å². The Morgan fingerprint density at radius 1 is 1.55 bits per heavy atom. The van der Waals surface area contributed by atoms with Crippen LogP contribution in [-0.2, 0) is 6.42 Å². The molecule has 11 heavy (non-hydrogen) atoms. The van der Waals surface area contributed by atoms with Crippen LogP contribution in [0.5, 0.6) is 0 Å². The van der Waals surface area contributed by atoms with Crippen molar-refractivity contribution >= 4 is 0 Å². The summed E-state index contributed by atoms with van der Waals surface area (Å²) in [5.41, 5.74) is 1.87. The van der Waals surface area contributed by atoms with E-state index in [2.05, 4.69) is 19.1 Å². The molecule has 1 rings (SSSR count). The van der Waals surface area contributed by atoms with Gasteiger partial charge in [-0.15, -0.1) is 0 Å². The minimum Gasteiger partial charge on any atom is -0.192 e. The summed E-state index contributed by atoms with van der Waals surface area (Å²) in [5.74, 6) is 0. The summed E-state index contributed by atoms with van der Waals surface area (Å²) in [7, 11) is 0. The highest BCUT2D eigenvalue weighted by Crippen LogP contribution is 2.04. The molecule has 0 aromatic heterocycles. The molecular formula is C10H10N. The molecule has 0 N–H and O–H groups in total. The van der Waals surface area contributed by atoms with E-state index >= 15 is 0 Å². The highest BCUT2D eigenvalue weighted by Gasteiger charge is 1.91. The minimum atomic E-state index is 0.685. The van der Waals surface area contributed by atoms with Gasteiger partial charge in [-0.2, -0.15) is 5.26 Å². The molecule has 1 nitrogen and oxygen atoms in total. The molecule has 1 aromatic carbocycles. The summed E-state index contributed by atoms with van der Waals surface area (Å²) in [6.45, 7) is 2.13. The second-order valence-corrected chi connectivity index (χ2v) is 2.46. The third-order valence-corrected chi connectivity index (χ3v) is 1.53. The van der Waals surface area contributed by atoms with E-state index in [9.17, 15) is 0 Å². The van der Waals surface area contributed by atoms with Crippen LogP contribution in [0.2, 0.25) is 0 Å². The van der Waals surface area contributed by atoms with Crippen LogP contribution in [0.3, 0.4) is 0 Å². The fraction of sp³-hybridized carbons (Fsp3) is 0.300. The monoisotopic (exact) mass is 144 g/mol. The van der Waals surface area contributed by atoms with Gasteiger partial charge in [0.1, 0.15) is 0 Å². The fourth-order valence-electron chi connectivity index (χ4n) is 0.951. The Morgan fingerprint density at radius 2 is 2.36 bits per heavy atom. The lowest BCUT2D eigenvalue weighted by atomic mass is 10.1. The molecule has 0 aliphatic carbocycles. The first-order valence-electron chi connectivity index (χ1n) is 3.77. The van der Waals surface area contributed by atoms with E-state index in [0.717, 1.165) is 12.8 Å². The number of aryl methyl sites for hydroxylation is 1. The Bertz CT molecular complexity index is 253. The van der Waals surface area contributed by atoms with Crippen molar-refractivity contribution in [2.24, 2.45) is 0 Å². The van der Waals surface area contributed by atoms with Crippen molar-refractivity contribution in [2.75, 3.05) is 0 Å². The van der Waals surface area contributed by atoms with Crippen molar-refractivity contribution in [3.05, 3.63) is 35.4 Å². The van der Waals surface area contributed by atoms with Crippen LogP contribution < -0.4 is 0 Å². The molecule has 0 heterocycles. The third kappa shape index (κ3) is 2.09. The van der Waals surface area contributed by atoms with E-state index in [1.54, 1.807) is 6.07 Å². The van der Waals surface area contributed by atoms with Gasteiger partial charge in [0, 0.05) is 0 Å². The average Bonchev–Trinajstić information content (AvgIpc) is 2.07. The van der Waals surface area contributed by atoms with Gasteiger partial charge in [-0.1, -0.05) is 19.4 Å². The standard InChI is InChI=1S/C10H10N/c1-2-3-9-4-6-10(8-11)7-5-9/h4,6-7H,2-3H2,1H3. The molecule has 0 amide bonds. The molecule has 1 heteroatoms. The van der Waals surface area contributed by atoms with Crippen molar-refractivity contribution in [1.29, 1.82) is 5.26 Å². The summed E-state index contributed by atoms with van der Waals surface area (Å²) in [6, 6.07) is 10.7. The number of benzene rings is 1. The number of hydrogen-bond donors (Lipinski definition) is 0. The number of hydrogen-bond acceptors (Lipinski definition) is 1. The van der Waals surface area contributed by atoms with Gasteiger partial charge in [0.15, 0.2) is 0 Å². The van der Waals surface area contributed by atoms with Crippen LogP contribution in [0.25, 0.3) is 0 Å². The van der Waals surface area contributed by atoms with Gasteiger partial charge in [0.2, 0.25) is 0 Å². The van der Waals surface area contributed by atoms with E-state index in [1.165, 1.54) is 5.56 Å². The molecular weight excluding hydrogens is 134 g/mol. The molecule has 0 aliphatic rings. The molecule has 0 aliphatic heterocycles. The van der Waals surface area contributed by atoms with Crippen molar-refractivity contribution < 1.29 is 0 Å². The maximum Gasteiger partial charge on any atom is 0.0991 e. The van der Waals surface area contributed by atoms with Gasteiger partial charge < -0.3 is 0 Å². The van der Waals surface area contributed by atoms with Gasteiger partial charge in [0.05, 0.1) is 11.6 Å². The quantitative estimate of drug-likeness (QED) is 0.624. The zero-order valence-electron chi connectivity index (χ0n) is 6.59. The zero-order chi connectivity index (χ0) is 8.10. The largest absolute Gasteiger partial charge is 0.192 e. The lowest BCUT2D eigenvalue weighted by molar-refractivity contribution is 0.920. The Kier molecular flexibility index (Phi) is 2.68. The van der Waals surface area contributed by atoms with Crippen molar-refractivity contribution in [3.63, 3.8) is 0 Å². The second-order valence-electron chi connectivity index (χ2n) is 2.46. The fourth-order valence-corrected chi connectivity index (χ4v) is 0.951. The Labute approximate surface area is 67.3 Å². The van der Waals surface area contributed by atoms with Gasteiger partial charge in [-0.05, 0) is 30.2 Å². The van der Waals surface area contributed by atoms with Crippen molar-refractivity contribution in [3.8, 4) is 6.07 Å². The molecule has 0 spiro atoms. The summed E-state index contributed by atoms with van der Waals surface area (Å²) in [5, 5.41) is 8.49. The minimum absolute atomic E-state index is 0.685. The lowest BCUT2D eigenvalue weighted by Crippen LogP contribution is -1.82. The topological polar surface area (TPSA) is 23.8 Å².